The van der Waals surface area contributed by atoms with Gasteiger partial charge >= 0.3 is 12.1 Å². The summed E-state index contributed by atoms with van der Waals surface area (Å²) in [5.41, 5.74) is -0.197. The van der Waals surface area contributed by atoms with Crippen molar-refractivity contribution in [3.05, 3.63) is 52.9 Å². The Kier molecular flexibility index (Phi) is 9.15. The van der Waals surface area contributed by atoms with Gasteiger partial charge in [0.15, 0.2) is 5.11 Å². The van der Waals surface area contributed by atoms with Crippen molar-refractivity contribution < 1.29 is 23.9 Å². The van der Waals surface area contributed by atoms with Crippen LogP contribution in [-0.4, -0.2) is 41.3 Å². The summed E-state index contributed by atoms with van der Waals surface area (Å²) in [6.07, 6.45) is -0.483. The number of hydrogen-bond acceptors (Lipinski definition) is 7. The van der Waals surface area contributed by atoms with E-state index in [0.29, 0.717) is 10.6 Å². The SMILES string of the molecule is CCOC(=O)C(Cc1ccc(NC(=S)NC(=O)c2ccccc2)s1)NC(=O)OC(C)(C)C. The largest absolute Gasteiger partial charge is 0.464 e. The van der Waals surface area contributed by atoms with E-state index < -0.39 is 23.7 Å². The van der Waals surface area contributed by atoms with Crippen LogP contribution in [0.5, 0.6) is 0 Å². The number of esters is 1. The molecule has 1 heterocycles. The summed E-state index contributed by atoms with van der Waals surface area (Å²) in [6.45, 7) is 7.10. The molecule has 1 unspecified atom stereocenters. The summed E-state index contributed by atoms with van der Waals surface area (Å²) in [5, 5.41) is 8.97. The minimum atomic E-state index is -0.902. The molecule has 0 aliphatic carbocycles. The smallest absolute Gasteiger partial charge is 0.408 e. The van der Waals surface area contributed by atoms with Crippen LogP contribution < -0.4 is 16.0 Å². The molecule has 1 atom stereocenters. The highest BCUT2D eigenvalue weighted by molar-refractivity contribution is 7.80. The van der Waals surface area contributed by atoms with Crippen LogP contribution in [-0.2, 0) is 20.7 Å². The summed E-state index contributed by atoms with van der Waals surface area (Å²) >= 11 is 6.55. The van der Waals surface area contributed by atoms with Gasteiger partial charge in [0.25, 0.3) is 5.91 Å². The van der Waals surface area contributed by atoms with E-state index in [0.717, 1.165) is 4.88 Å². The van der Waals surface area contributed by atoms with Gasteiger partial charge in [0.2, 0.25) is 0 Å². The molecule has 1 aromatic heterocycles. The second kappa shape index (κ2) is 11.6. The topological polar surface area (TPSA) is 106 Å². The molecule has 0 aliphatic rings. The highest BCUT2D eigenvalue weighted by Crippen LogP contribution is 2.23. The molecule has 0 saturated carbocycles. The standard InChI is InChI=1S/C22H27N3O5S2/c1-5-29-19(27)16(23-21(28)30-22(2,3)4)13-15-11-12-17(32-15)24-20(31)25-18(26)14-9-7-6-8-10-14/h6-12,16H,5,13H2,1-4H3,(H,23,28)(H2,24,25,26,31). The number of thiocarbonyl (C=S) groups is 1. The number of rotatable bonds is 7. The van der Waals surface area contributed by atoms with Crippen LogP contribution in [0.1, 0.15) is 42.9 Å². The van der Waals surface area contributed by atoms with Gasteiger partial charge in [-0.25, -0.2) is 9.59 Å². The molecule has 3 N–H and O–H groups in total. The highest BCUT2D eigenvalue weighted by atomic mass is 32.1. The first kappa shape index (κ1) is 25.3. The number of alkyl carbamates (subject to hydrolysis) is 1. The minimum Gasteiger partial charge on any atom is -0.464 e. The molecule has 10 heteroatoms. The third kappa shape index (κ3) is 8.64. The van der Waals surface area contributed by atoms with Crippen molar-refractivity contribution in [2.24, 2.45) is 0 Å². The Labute approximate surface area is 196 Å². The van der Waals surface area contributed by atoms with Crippen molar-refractivity contribution in [3.63, 3.8) is 0 Å². The minimum absolute atomic E-state index is 0.154. The number of amides is 2. The van der Waals surface area contributed by atoms with Crippen molar-refractivity contribution in [1.29, 1.82) is 0 Å². The molecule has 2 amide bonds. The fourth-order valence-electron chi connectivity index (χ4n) is 2.55. The fourth-order valence-corrected chi connectivity index (χ4v) is 3.77. The molecule has 1 aromatic carbocycles. The number of carbonyl (C=O) groups is 3. The monoisotopic (exact) mass is 477 g/mol. The Morgan fingerprint density at radius 2 is 1.78 bits per heavy atom. The number of benzene rings is 1. The molecule has 0 fully saturated rings. The Balaban J connectivity index is 1.98. The first-order valence-electron chi connectivity index (χ1n) is 9.99. The van der Waals surface area contributed by atoms with E-state index in [1.807, 2.05) is 6.07 Å². The Morgan fingerprint density at radius 1 is 1.09 bits per heavy atom. The Bertz CT molecular complexity index is 954. The number of nitrogens with one attached hydrogen (secondary N) is 3. The average molecular weight is 478 g/mol. The van der Waals surface area contributed by atoms with Crippen molar-refractivity contribution in [3.8, 4) is 0 Å². The van der Waals surface area contributed by atoms with Gasteiger partial charge < -0.3 is 20.1 Å². The lowest BCUT2D eigenvalue weighted by molar-refractivity contribution is -0.145. The summed E-state index contributed by atoms with van der Waals surface area (Å²) in [5.74, 6) is -0.865. The second-order valence-electron chi connectivity index (χ2n) is 7.70. The summed E-state index contributed by atoms with van der Waals surface area (Å²) in [7, 11) is 0. The van der Waals surface area contributed by atoms with Gasteiger partial charge in [0.1, 0.15) is 11.6 Å². The van der Waals surface area contributed by atoms with Gasteiger partial charge in [-0.3, -0.25) is 10.1 Å². The zero-order valence-corrected chi connectivity index (χ0v) is 20.0. The number of thiophene rings is 1. The van der Waals surface area contributed by atoms with E-state index in [9.17, 15) is 14.4 Å². The van der Waals surface area contributed by atoms with Gasteiger partial charge in [0, 0.05) is 16.9 Å². The summed E-state index contributed by atoms with van der Waals surface area (Å²) in [4.78, 5) is 37.4. The van der Waals surface area contributed by atoms with E-state index in [1.165, 1.54) is 11.3 Å². The molecule has 0 aliphatic heterocycles. The molecule has 8 nitrogen and oxygen atoms in total. The predicted octanol–water partition coefficient (Wildman–Crippen LogP) is 3.87. The molecule has 0 saturated heterocycles. The average Bonchev–Trinajstić information content (AvgIpc) is 3.13. The van der Waals surface area contributed by atoms with Crippen LogP contribution in [0.2, 0.25) is 0 Å². The maximum Gasteiger partial charge on any atom is 0.408 e. The first-order valence-corrected chi connectivity index (χ1v) is 11.2. The van der Waals surface area contributed by atoms with E-state index in [4.69, 9.17) is 21.7 Å². The van der Waals surface area contributed by atoms with Crippen LogP contribution >= 0.6 is 23.6 Å². The molecule has 2 aromatic rings. The van der Waals surface area contributed by atoms with Crippen LogP contribution in [0.3, 0.4) is 0 Å². The Hall–Kier alpha value is -2.98. The lowest BCUT2D eigenvalue weighted by atomic mass is 10.2. The highest BCUT2D eigenvalue weighted by Gasteiger charge is 2.26. The number of ether oxygens (including phenoxy) is 2. The molecule has 32 heavy (non-hydrogen) atoms. The molecule has 0 spiro atoms. The third-order valence-corrected chi connectivity index (χ3v) is 5.06. The third-order valence-electron chi connectivity index (χ3n) is 3.83. The van der Waals surface area contributed by atoms with Crippen LogP contribution in [0.25, 0.3) is 0 Å². The van der Waals surface area contributed by atoms with Crippen molar-refractivity contribution >= 4 is 51.6 Å². The van der Waals surface area contributed by atoms with Crippen LogP contribution in [0, 0.1) is 0 Å². The maximum absolute atomic E-state index is 12.3. The van der Waals surface area contributed by atoms with E-state index >= 15 is 0 Å². The molecule has 172 valence electrons. The van der Waals surface area contributed by atoms with Gasteiger partial charge in [-0.15, -0.1) is 11.3 Å². The maximum atomic E-state index is 12.3. The second-order valence-corrected chi connectivity index (χ2v) is 9.27. The van der Waals surface area contributed by atoms with E-state index in [2.05, 4.69) is 16.0 Å². The van der Waals surface area contributed by atoms with Crippen molar-refractivity contribution in [1.82, 2.24) is 10.6 Å². The lowest BCUT2D eigenvalue weighted by Crippen LogP contribution is -2.45. The summed E-state index contributed by atoms with van der Waals surface area (Å²) < 4.78 is 10.3. The number of hydrogen-bond donors (Lipinski definition) is 3. The van der Waals surface area contributed by atoms with E-state index in [1.54, 1.807) is 64.1 Å². The molecule has 2 rings (SSSR count). The van der Waals surface area contributed by atoms with Gasteiger partial charge in [0.05, 0.1) is 11.6 Å². The summed E-state index contributed by atoms with van der Waals surface area (Å²) in [6, 6.07) is 11.4. The zero-order valence-electron chi connectivity index (χ0n) is 18.4. The number of carbonyl (C=O) groups excluding carboxylic acids is 3. The van der Waals surface area contributed by atoms with Gasteiger partial charge in [-0.1, -0.05) is 18.2 Å². The predicted molar refractivity (Wildman–Crippen MR) is 128 cm³/mol. The van der Waals surface area contributed by atoms with Crippen LogP contribution in [0.4, 0.5) is 9.80 Å². The molecule has 0 bridgehead atoms. The Morgan fingerprint density at radius 3 is 2.41 bits per heavy atom. The van der Waals surface area contributed by atoms with Crippen molar-refractivity contribution in [2.75, 3.05) is 11.9 Å². The molecular formula is C22H27N3O5S2. The normalized spacial score (nSPS) is 11.8. The number of anilines is 1. The van der Waals surface area contributed by atoms with Crippen molar-refractivity contribution in [2.45, 2.75) is 45.8 Å². The van der Waals surface area contributed by atoms with E-state index in [-0.39, 0.29) is 24.0 Å². The van der Waals surface area contributed by atoms with Gasteiger partial charge in [-0.05, 0) is 64.2 Å². The molecule has 0 radical (unpaired) electrons. The van der Waals surface area contributed by atoms with Crippen LogP contribution in [0.15, 0.2) is 42.5 Å². The molecular weight excluding hydrogens is 450 g/mol. The first-order chi connectivity index (χ1) is 15.1. The lowest BCUT2D eigenvalue weighted by Gasteiger charge is -2.22. The fraction of sp³-hybridized carbons (Fsp3) is 0.364. The van der Waals surface area contributed by atoms with Gasteiger partial charge in [-0.2, -0.15) is 0 Å². The quantitative estimate of drug-likeness (QED) is 0.411. The zero-order chi connectivity index (χ0) is 23.7.